The van der Waals surface area contributed by atoms with Gasteiger partial charge in [0.2, 0.25) is 0 Å². The number of hydrogen-bond acceptors (Lipinski definition) is 2. The zero-order chi connectivity index (χ0) is 14.1. The Bertz CT molecular complexity index is 806. The normalized spacial score (nSPS) is 10.7. The van der Waals surface area contributed by atoms with Gasteiger partial charge < -0.3 is 0 Å². The van der Waals surface area contributed by atoms with Crippen LogP contribution >= 0.6 is 0 Å². The summed E-state index contributed by atoms with van der Waals surface area (Å²) >= 11 is 0. The first-order valence-electron chi connectivity index (χ1n) is 6.31. The molecular weight excluding hydrogens is 253 g/mol. The minimum absolute atomic E-state index is 0.119. The highest BCUT2D eigenvalue weighted by Gasteiger charge is 2.13. The summed E-state index contributed by atoms with van der Waals surface area (Å²) < 4.78 is 13.3. The lowest BCUT2D eigenvalue weighted by molar-refractivity contribution is 0.104. The van der Waals surface area contributed by atoms with E-state index in [1.807, 2.05) is 24.3 Å². The van der Waals surface area contributed by atoms with Crippen molar-refractivity contribution < 1.29 is 9.18 Å². The van der Waals surface area contributed by atoms with Gasteiger partial charge in [0.25, 0.3) is 0 Å². The molecule has 20 heavy (non-hydrogen) atoms. The number of aromatic nitrogens is 1. The number of para-hydroxylation sites is 1. The van der Waals surface area contributed by atoms with Crippen molar-refractivity contribution in [2.75, 3.05) is 0 Å². The number of fused-ring (bicyclic) bond motifs is 1. The molecule has 0 saturated heterocycles. The molecule has 3 heteroatoms. The molecule has 0 aliphatic heterocycles. The van der Waals surface area contributed by atoms with Crippen LogP contribution in [-0.4, -0.2) is 10.8 Å². The largest absolute Gasteiger partial charge is 0.289 e. The second kappa shape index (κ2) is 4.85. The smallest absolute Gasteiger partial charge is 0.193 e. The lowest BCUT2D eigenvalue weighted by atomic mass is 9.98. The van der Waals surface area contributed by atoms with Crippen molar-refractivity contribution in [3.63, 3.8) is 0 Å². The first kappa shape index (κ1) is 12.5. The zero-order valence-corrected chi connectivity index (χ0v) is 10.9. The highest BCUT2D eigenvalue weighted by atomic mass is 19.1. The average molecular weight is 265 g/mol. The fourth-order valence-electron chi connectivity index (χ4n) is 2.24. The Morgan fingerprint density at radius 3 is 2.70 bits per heavy atom. The number of carbonyl (C=O) groups is 1. The predicted octanol–water partition coefficient (Wildman–Crippen LogP) is 3.91. The van der Waals surface area contributed by atoms with E-state index in [0.717, 1.165) is 10.9 Å². The summed E-state index contributed by atoms with van der Waals surface area (Å²) in [4.78, 5) is 16.8. The van der Waals surface area contributed by atoms with Crippen molar-refractivity contribution >= 4 is 16.7 Å². The number of nitrogens with zero attached hydrogens (tertiary/aromatic N) is 1. The van der Waals surface area contributed by atoms with Gasteiger partial charge in [0, 0.05) is 22.7 Å². The Balaban J connectivity index is 2.15. The van der Waals surface area contributed by atoms with E-state index in [-0.39, 0.29) is 11.6 Å². The highest BCUT2D eigenvalue weighted by Crippen LogP contribution is 2.20. The molecule has 1 aromatic heterocycles. The van der Waals surface area contributed by atoms with Crippen LogP contribution in [-0.2, 0) is 0 Å². The molecular formula is C17H12FNO. The number of pyridine rings is 1. The molecule has 0 N–H and O–H groups in total. The van der Waals surface area contributed by atoms with Crippen LogP contribution in [0.15, 0.2) is 54.7 Å². The first-order chi connectivity index (χ1) is 9.66. The standard InChI is InChI=1S/C17H12FNO/c1-11-10-12(6-7-15(11)18)17(20)14-8-9-19-16-5-3-2-4-13(14)16/h2-10H,1H3. The van der Waals surface area contributed by atoms with Crippen molar-refractivity contribution in [2.24, 2.45) is 0 Å². The van der Waals surface area contributed by atoms with Crippen LogP contribution in [0.5, 0.6) is 0 Å². The molecule has 0 radical (unpaired) electrons. The van der Waals surface area contributed by atoms with Gasteiger partial charge in [-0.1, -0.05) is 18.2 Å². The molecule has 0 aliphatic rings. The number of benzene rings is 2. The van der Waals surface area contributed by atoms with E-state index in [1.54, 1.807) is 25.3 Å². The van der Waals surface area contributed by atoms with Crippen LogP contribution < -0.4 is 0 Å². The molecule has 0 bridgehead atoms. The minimum Gasteiger partial charge on any atom is -0.289 e. The molecule has 3 rings (SSSR count). The Kier molecular flexibility index (Phi) is 3.03. The lowest BCUT2D eigenvalue weighted by Gasteiger charge is -2.06. The number of carbonyl (C=O) groups excluding carboxylic acids is 1. The van der Waals surface area contributed by atoms with Gasteiger partial charge >= 0.3 is 0 Å². The van der Waals surface area contributed by atoms with E-state index < -0.39 is 0 Å². The second-order valence-corrected chi connectivity index (χ2v) is 4.67. The van der Waals surface area contributed by atoms with Gasteiger partial charge in [-0.3, -0.25) is 9.78 Å². The van der Waals surface area contributed by atoms with Gasteiger partial charge in [0.1, 0.15) is 5.82 Å². The van der Waals surface area contributed by atoms with Crippen LogP contribution in [0.1, 0.15) is 21.5 Å². The van der Waals surface area contributed by atoms with E-state index in [2.05, 4.69) is 4.98 Å². The molecule has 98 valence electrons. The predicted molar refractivity (Wildman–Crippen MR) is 76.3 cm³/mol. The monoisotopic (exact) mass is 265 g/mol. The molecule has 0 spiro atoms. The Morgan fingerprint density at radius 2 is 1.90 bits per heavy atom. The summed E-state index contributed by atoms with van der Waals surface area (Å²) in [5.74, 6) is -0.423. The molecule has 0 fully saturated rings. The van der Waals surface area contributed by atoms with Crippen molar-refractivity contribution in [3.8, 4) is 0 Å². The third-order valence-electron chi connectivity index (χ3n) is 3.31. The Labute approximate surface area is 115 Å². The molecule has 2 aromatic carbocycles. The SMILES string of the molecule is Cc1cc(C(=O)c2ccnc3ccccc23)ccc1F. The maximum Gasteiger partial charge on any atom is 0.193 e. The summed E-state index contributed by atoms with van der Waals surface area (Å²) in [6.07, 6.45) is 1.62. The topological polar surface area (TPSA) is 30.0 Å². The van der Waals surface area contributed by atoms with Crippen LogP contribution in [0.3, 0.4) is 0 Å². The molecule has 1 heterocycles. The number of ketones is 1. The molecule has 0 amide bonds. The quantitative estimate of drug-likeness (QED) is 0.657. The summed E-state index contributed by atoms with van der Waals surface area (Å²) in [5, 5.41) is 0.807. The third kappa shape index (κ3) is 2.07. The highest BCUT2D eigenvalue weighted by molar-refractivity contribution is 6.15. The minimum atomic E-state index is -0.305. The van der Waals surface area contributed by atoms with Crippen LogP contribution in [0, 0.1) is 12.7 Å². The number of halogens is 1. The zero-order valence-electron chi connectivity index (χ0n) is 10.9. The average Bonchev–Trinajstić information content (AvgIpc) is 2.49. The maximum atomic E-state index is 13.3. The second-order valence-electron chi connectivity index (χ2n) is 4.67. The summed E-state index contributed by atoms with van der Waals surface area (Å²) in [5.41, 5.74) is 2.31. The molecule has 3 aromatic rings. The third-order valence-corrected chi connectivity index (χ3v) is 3.31. The van der Waals surface area contributed by atoms with E-state index in [1.165, 1.54) is 12.1 Å². The molecule has 0 unspecified atom stereocenters. The summed E-state index contributed by atoms with van der Waals surface area (Å²) in [6.45, 7) is 1.65. The van der Waals surface area contributed by atoms with Gasteiger partial charge in [-0.25, -0.2) is 4.39 Å². The van der Waals surface area contributed by atoms with Crippen molar-refractivity contribution in [3.05, 3.63) is 77.2 Å². The van der Waals surface area contributed by atoms with E-state index >= 15 is 0 Å². The molecule has 0 atom stereocenters. The van der Waals surface area contributed by atoms with E-state index in [9.17, 15) is 9.18 Å². The van der Waals surface area contributed by atoms with E-state index in [0.29, 0.717) is 16.7 Å². The van der Waals surface area contributed by atoms with Gasteiger partial charge in [-0.05, 0) is 42.8 Å². The fraction of sp³-hybridized carbons (Fsp3) is 0.0588. The number of aryl methyl sites for hydroxylation is 1. The van der Waals surface area contributed by atoms with E-state index in [4.69, 9.17) is 0 Å². The van der Waals surface area contributed by atoms with Crippen molar-refractivity contribution in [1.82, 2.24) is 4.98 Å². The van der Waals surface area contributed by atoms with Gasteiger partial charge in [0.15, 0.2) is 5.78 Å². The maximum absolute atomic E-state index is 13.3. The number of rotatable bonds is 2. The Morgan fingerprint density at radius 1 is 1.10 bits per heavy atom. The molecule has 0 saturated carbocycles. The Hall–Kier alpha value is -2.55. The van der Waals surface area contributed by atoms with Crippen LogP contribution in [0.4, 0.5) is 4.39 Å². The van der Waals surface area contributed by atoms with Crippen molar-refractivity contribution in [2.45, 2.75) is 6.92 Å². The summed E-state index contributed by atoms with van der Waals surface area (Å²) in [7, 11) is 0. The van der Waals surface area contributed by atoms with Crippen LogP contribution in [0.25, 0.3) is 10.9 Å². The molecule has 2 nitrogen and oxygen atoms in total. The van der Waals surface area contributed by atoms with Gasteiger partial charge in [-0.2, -0.15) is 0 Å². The summed E-state index contributed by atoms with van der Waals surface area (Å²) in [6, 6.07) is 13.6. The van der Waals surface area contributed by atoms with Crippen molar-refractivity contribution in [1.29, 1.82) is 0 Å². The number of hydrogen-bond donors (Lipinski definition) is 0. The molecule has 0 aliphatic carbocycles. The first-order valence-corrected chi connectivity index (χ1v) is 6.31. The van der Waals surface area contributed by atoms with Gasteiger partial charge in [0.05, 0.1) is 5.52 Å². The van der Waals surface area contributed by atoms with Crippen LogP contribution in [0.2, 0.25) is 0 Å². The van der Waals surface area contributed by atoms with Gasteiger partial charge in [-0.15, -0.1) is 0 Å². The fourth-order valence-corrected chi connectivity index (χ4v) is 2.24. The lowest BCUT2D eigenvalue weighted by Crippen LogP contribution is -2.03.